The number of ether oxygens (including phenoxy) is 3. The highest BCUT2D eigenvalue weighted by atomic mass is 16.8. The summed E-state index contributed by atoms with van der Waals surface area (Å²) in [6.07, 6.45) is 2.86. The summed E-state index contributed by atoms with van der Waals surface area (Å²) in [6.45, 7) is 0.266. The molecule has 4 rings (SSSR count). The van der Waals surface area contributed by atoms with Crippen LogP contribution in [0.4, 0.5) is 0 Å². The second kappa shape index (κ2) is 10.3. The highest BCUT2D eigenvalue weighted by molar-refractivity contribution is 5.96. The lowest BCUT2D eigenvalue weighted by Gasteiger charge is -2.13. The van der Waals surface area contributed by atoms with Crippen molar-refractivity contribution in [2.24, 2.45) is 0 Å². The Morgan fingerprint density at radius 1 is 0.970 bits per heavy atom. The first-order valence-electron chi connectivity index (χ1n) is 10.3. The predicted octanol–water partition coefficient (Wildman–Crippen LogP) is 3.43. The second-order valence-electron chi connectivity index (χ2n) is 7.34. The van der Waals surface area contributed by atoms with Gasteiger partial charge in [0.2, 0.25) is 12.2 Å². The van der Waals surface area contributed by atoms with Crippen LogP contribution in [0.3, 0.4) is 0 Å². The van der Waals surface area contributed by atoms with Crippen LogP contribution < -0.4 is 10.1 Å². The van der Waals surface area contributed by atoms with E-state index in [0.29, 0.717) is 12.0 Å². The Morgan fingerprint density at radius 2 is 1.73 bits per heavy atom. The summed E-state index contributed by atoms with van der Waals surface area (Å²) in [5.41, 5.74) is 2.84. The van der Waals surface area contributed by atoms with Crippen LogP contribution in [0, 0.1) is 0 Å². The number of hydrogen-bond donors (Lipinski definition) is 2. The largest absolute Gasteiger partial charge is 0.481 e. The van der Waals surface area contributed by atoms with E-state index >= 15 is 0 Å². The maximum Gasteiger partial charge on any atom is 0.325 e. The molecule has 2 heterocycles. The number of pyridine rings is 1. The molecule has 2 aromatic carbocycles. The molecule has 0 saturated carbocycles. The van der Waals surface area contributed by atoms with E-state index in [1.54, 1.807) is 36.4 Å². The van der Waals surface area contributed by atoms with Gasteiger partial charge in [0.1, 0.15) is 5.56 Å². The topological polar surface area (TPSA) is 107 Å². The van der Waals surface area contributed by atoms with Gasteiger partial charge in [-0.25, -0.2) is 4.98 Å². The van der Waals surface area contributed by atoms with Crippen LogP contribution in [0.25, 0.3) is 0 Å². The van der Waals surface area contributed by atoms with Crippen molar-refractivity contribution in [3.8, 4) is 5.88 Å². The molecular weight excluding hydrogens is 424 g/mol. The molecule has 1 aliphatic heterocycles. The number of carbonyl (C=O) groups excluding carboxylic acids is 1. The molecule has 1 amide bonds. The number of aromatic nitrogens is 1. The van der Waals surface area contributed by atoms with E-state index in [0.717, 1.165) is 11.1 Å². The summed E-state index contributed by atoms with van der Waals surface area (Å²) in [5.74, 6) is -1.04. The molecule has 1 aromatic heterocycles. The fourth-order valence-corrected chi connectivity index (χ4v) is 3.23. The third-order valence-corrected chi connectivity index (χ3v) is 4.85. The number of nitrogens with one attached hydrogen (secondary N) is 1. The van der Waals surface area contributed by atoms with E-state index in [4.69, 9.17) is 19.3 Å². The van der Waals surface area contributed by atoms with E-state index in [9.17, 15) is 9.59 Å². The number of carboxylic acid groups (broad SMARTS) is 1. The Balaban J connectivity index is 1.33. The third kappa shape index (κ3) is 6.10. The van der Waals surface area contributed by atoms with Crippen LogP contribution in [0.5, 0.6) is 5.88 Å². The second-order valence-corrected chi connectivity index (χ2v) is 7.34. The zero-order valence-corrected chi connectivity index (χ0v) is 17.6. The Kier molecular flexibility index (Phi) is 6.84. The van der Waals surface area contributed by atoms with E-state index in [1.165, 1.54) is 12.5 Å². The maximum atomic E-state index is 12.7. The molecule has 168 valence electrons. The highest BCUT2D eigenvalue weighted by Crippen LogP contribution is 2.23. The van der Waals surface area contributed by atoms with Gasteiger partial charge < -0.3 is 24.6 Å². The van der Waals surface area contributed by atoms with Gasteiger partial charge in [-0.2, -0.15) is 0 Å². The van der Waals surface area contributed by atoms with Crippen molar-refractivity contribution < 1.29 is 28.9 Å². The number of nitrogens with zero attached hydrogens (tertiary/aromatic N) is 1. The van der Waals surface area contributed by atoms with Gasteiger partial charge in [0.15, 0.2) is 6.26 Å². The number of benzene rings is 2. The van der Waals surface area contributed by atoms with Crippen molar-refractivity contribution in [3.63, 3.8) is 0 Å². The molecule has 2 N–H and O–H groups in total. The van der Waals surface area contributed by atoms with Crippen LogP contribution in [-0.4, -0.2) is 28.3 Å². The number of carboxylic acids is 1. The molecule has 0 bridgehead atoms. The lowest BCUT2D eigenvalue weighted by Crippen LogP contribution is -2.24. The molecule has 3 aromatic rings. The first-order chi connectivity index (χ1) is 16.1. The van der Waals surface area contributed by atoms with Gasteiger partial charge in [0.05, 0.1) is 6.42 Å². The molecule has 8 heteroatoms. The minimum atomic E-state index is -0.890. The fourth-order valence-electron chi connectivity index (χ4n) is 3.23. The van der Waals surface area contributed by atoms with Gasteiger partial charge in [-0.3, -0.25) is 9.59 Å². The van der Waals surface area contributed by atoms with Crippen LogP contribution in [-0.2, 0) is 33.7 Å². The standard InChI is InChI=1S/C25H22N2O6/c28-21(29)13-18-8-10-19(11-9-18)15-27-24(30)20-7-4-12-26-25(20)33-23-16-31-22(32-23)14-17-5-2-1-3-6-17/h1-12,16,22H,13-15H2,(H,27,30)(H,28,29). The molecule has 33 heavy (non-hydrogen) atoms. The molecule has 1 atom stereocenters. The van der Waals surface area contributed by atoms with Crippen LogP contribution >= 0.6 is 0 Å². The Hall–Kier alpha value is -4.33. The fraction of sp³-hybridized carbons (Fsp3) is 0.160. The SMILES string of the molecule is O=C(O)Cc1ccc(CNC(=O)c2cccnc2OC2=COC(Cc3ccccc3)O2)cc1. The van der Waals surface area contributed by atoms with Gasteiger partial charge in [-0.1, -0.05) is 54.6 Å². The Morgan fingerprint density at radius 3 is 2.48 bits per heavy atom. The summed E-state index contributed by atoms with van der Waals surface area (Å²) < 4.78 is 16.9. The van der Waals surface area contributed by atoms with Gasteiger partial charge >= 0.3 is 11.9 Å². The van der Waals surface area contributed by atoms with Crippen molar-refractivity contribution in [2.75, 3.05) is 0 Å². The number of rotatable bonds is 9. The molecule has 1 unspecified atom stereocenters. The summed E-state index contributed by atoms with van der Waals surface area (Å²) in [5, 5.41) is 11.7. The predicted molar refractivity (Wildman–Crippen MR) is 118 cm³/mol. The van der Waals surface area contributed by atoms with Crippen LogP contribution in [0.15, 0.2) is 85.1 Å². The molecular formula is C25H22N2O6. The molecule has 0 spiro atoms. The Labute approximate surface area is 190 Å². The van der Waals surface area contributed by atoms with Gasteiger partial charge in [0.25, 0.3) is 5.91 Å². The van der Waals surface area contributed by atoms with E-state index in [2.05, 4.69) is 10.3 Å². The first kappa shape index (κ1) is 21.9. The number of aliphatic carboxylic acids is 1. The molecule has 0 radical (unpaired) electrons. The van der Waals surface area contributed by atoms with Crippen LogP contribution in [0.2, 0.25) is 0 Å². The third-order valence-electron chi connectivity index (χ3n) is 4.85. The summed E-state index contributed by atoms with van der Waals surface area (Å²) in [6, 6.07) is 20.0. The number of carbonyl (C=O) groups is 2. The van der Waals surface area contributed by atoms with Gasteiger partial charge in [-0.05, 0) is 28.8 Å². The van der Waals surface area contributed by atoms with Gasteiger partial charge in [0, 0.05) is 19.2 Å². The average Bonchev–Trinajstić information content (AvgIpc) is 3.25. The van der Waals surface area contributed by atoms with Crippen LogP contribution in [0.1, 0.15) is 27.0 Å². The van der Waals surface area contributed by atoms with Crippen molar-refractivity contribution in [1.82, 2.24) is 10.3 Å². The summed E-state index contributed by atoms with van der Waals surface area (Å²) in [7, 11) is 0. The summed E-state index contributed by atoms with van der Waals surface area (Å²) in [4.78, 5) is 27.7. The monoisotopic (exact) mass is 446 g/mol. The van der Waals surface area contributed by atoms with Crippen molar-refractivity contribution in [3.05, 3.63) is 107 Å². The highest BCUT2D eigenvalue weighted by Gasteiger charge is 2.24. The molecule has 0 saturated heterocycles. The lowest BCUT2D eigenvalue weighted by molar-refractivity contribution is -0.136. The number of amides is 1. The van der Waals surface area contributed by atoms with E-state index in [-0.39, 0.29) is 36.3 Å². The van der Waals surface area contributed by atoms with Crippen molar-refractivity contribution in [2.45, 2.75) is 25.7 Å². The molecule has 0 aliphatic carbocycles. The van der Waals surface area contributed by atoms with E-state index < -0.39 is 12.3 Å². The minimum Gasteiger partial charge on any atom is -0.481 e. The molecule has 1 aliphatic rings. The smallest absolute Gasteiger partial charge is 0.325 e. The lowest BCUT2D eigenvalue weighted by atomic mass is 10.1. The maximum absolute atomic E-state index is 12.7. The van der Waals surface area contributed by atoms with Gasteiger partial charge in [-0.15, -0.1) is 0 Å². The molecule has 8 nitrogen and oxygen atoms in total. The zero-order valence-electron chi connectivity index (χ0n) is 17.6. The number of hydrogen-bond acceptors (Lipinski definition) is 6. The van der Waals surface area contributed by atoms with Crippen molar-refractivity contribution in [1.29, 1.82) is 0 Å². The first-order valence-corrected chi connectivity index (χ1v) is 10.3. The molecule has 0 fully saturated rings. The normalized spacial score (nSPS) is 14.5. The quantitative estimate of drug-likeness (QED) is 0.519. The van der Waals surface area contributed by atoms with Crippen molar-refractivity contribution >= 4 is 11.9 Å². The Bertz CT molecular complexity index is 1150. The zero-order chi connectivity index (χ0) is 23.0. The minimum absolute atomic E-state index is 0.0448. The summed E-state index contributed by atoms with van der Waals surface area (Å²) >= 11 is 0. The average molecular weight is 446 g/mol. The van der Waals surface area contributed by atoms with E-state index in [1.807, 2.05) is 30.3 Å².